The third-order valence-electron chi connectivity index (χ3n) is 4.41. The molecule has 1 heterocycles. The zero-order valence-electron chi connectivity index (χ0n) is 14.3. The van der Waals surface area contributed by atoms with Crippen molar-refractivity contribution in [2.24, 2.45) is 0 Å². The molecule has 1 fully saturated rings. The molecular weight excluding hydrogens is 356 g/mol. The van der Waals surface area contributed by atoms with E-state index in [0.717, 1.165) is 10.5 Å². The van der Waals surface area contributed by atoms with Crippen LogP contribution in [-0.2, 0) is 21.6 Å². The maximum absolute atomic E-state index is 12.9. The average Bonchev–Trinajstić information content (AvgIpc) is 2.86. The lowest BCUT2D eigenvalue weighted by atomic mass is 9.92. The predicted molar refractivity (Wildman–Crippen MR) is 95.7 cm³/mol. The highest BCUT2D eigenvalue weighted by Gasteiger charge is 2.48. The minimum Gasteiger partial charge on any atom is -0.465 e. The Bertz CT molecular complexity index is 864. The molecule has 1 aliphatic rings. The van der Waals surface area contributed by atoms with Crippen LogP contribution in [0.5, 0.6) is 0 Å². The summed E-state index contributed by atoms with van der Waals surface area (Å²) in [7, 11) is 1.31. The third-order valence-corrected chi connectivity index (χ3v) is 4.66. The number of ether oxygens (including phenoxy) is 1. The molecule has 1 saturated heterocycles. The van der Waals surface area contributed by atoms with Crippen molar-refractivity contribution < 1.29 is 19.1 Å². The van der Waals surface area contributed by atoms with Gasteiger partial charge in [-0.25, -0.2) is 9.59 Å². The number of nitrogens with zero attached hydrogens (tertiary/aromatic N) is 1. The van der Waals surface area contributed by atoms with Crippen molar-refractivity contribution in [2.75, 3.05) is 7.11 Å². The van der Waals surface area contributed by atoms with E-state index in [1.807, 2.05) is 0 Å². The number of amides is 3. The molecule has 6 nitrogen and oxygen atoms in total. The molecule has 1 atom stereocenters. The molecule has 1 unspecified atom stereocenters. The number of hydrogen-bond donors (Lipinski definition) is 1. The molecule has 0 radical (unpaired) electrons. The average molecular weight is 373 g/mol. The Hall–Kier alpha value is -2.86. The first-order chi connectivity index (χ1) is 12.3. The van der Waals surface area contributed by atoms with Crippen LogP contribution in [0.25, 0.3) is 0 Å². The number of nitrogens with one attached hydrogen (secondary N) is 1. The quantitative estimate of drug-likeness (QED) is 0.661. The second kappa shape index (κ2) is 6.80. The summed E-state index contributed by atoms with van der Waals surface area (Å²) in [5, 5.41) is 3.30. The van der Waals surface area contributed by atoms with Gasteiger partial charge in [0.15, 0.2) is 0 Å². The van der Waals surface area contributed by atoms with Crippen LogP contribution >= 0.6 is 11.6 Å². The fourth-order valence-electron chi connectivity index (χ4n) is 2.87. The summed E-state index contributed by atoms with van der Waals surface area (Å²) < 4.78 is 4.65. The van der Waals surface area contributed by atoms with Gasteiger partial charge in [0.05, 0.1) is 19.2 Å². The second-order valence-electron chi connectivity index (χ2n) is 6.14. The van der Waals surface area contributed by atoms with Gasteiger partial charge in [0.2, 0.25) is 0 Å². The standard InChI is InChI=1S/C19H17ClN2O4/c1-19(14-7-9-15(20)10-8-14)17(24)22(18(25)21-19)11-12-3-5-13(6-4-12)16(23)26-2/h3-10H,11H2,1-2H3,(H,21,25). The van der Waals surface area contributed by atoms with Crippen LogP contribution in [0, 0.1) is 0 Å². The maximum atomic E-state index is 12.9. The van der Waals surface area contributed by atoms with E-state index in [0.29, 0.717) is 16.1 Å². The van der Waals surface area contributed by atoms with Crippen LogP contribution in [0.15, 0.2) is 48.5 Å². The Balaban J connectivity index is 1.81. The molecule has 0 bridgehead atoms. The first-order valence-electron chi connectivity index (χ1n) is 7.92. The molecule has 0 spiro atoms. The lowest BCUT2D eigenvalue weighted by Gasteiger charge is -2.22. The SMILES string of the molecule is COC(=O)c1ccc(CN2C(=O)NC(C)(c3ccc(Cl)cc3)C2=O)cc1. The van der Waals surface area contributed by atoms with Crippen LogP contribution in [0.3, 0.4) is 0 Å². The van der Waals surface area contributed by atoms with E-state index in [4.69, 9.17) is 11.6 Å². The van der Waals surface area contributed by atoms with Gasteiger partial charge in [0.1, 0.15) is 5.54 Å². The van der Waals surface area contributed by atoms with Gasteiger partial charge < -0.3 is 10.1 Å². The number of esters is 1. The Morgan fingerprint density at radius 3 is 2.31 bits per heavy atom. The number of imide groups is 1. The molecule has 0 saturated carbocycles. The zero-order chi connectivity index (χ0) is 18.9. The van der Waals surface area contributed by atoms with Gasteiger partial charge in [-0.2, -0.15) is 0 Å². The predicted octanol–water partition coefficient (Wildman–Crippen LogP) is 3.09. The van der Waals surface area contributed by atoms with Gasteiger partial charge >= 0.3 is 12.0 Å². The van der Waals surface area contributed by atoms with Gasteiger partial charge in [-0.3, -0.25) is 9.69 Å². The van der Waals surface area contributed by atoms with Crippen molar-refractivity contribution in [3.8, 4) is 0 Å². The molecule has 2 aromatic carbocycles. The number of halogens is 1. The van der Waals surface area contributed by atoms with Crippen molar-refractivity contribution in [3.63, 3.8) is 0 Å². The van der Waals surface area contributed by atoms with E-state index >= 15 is 0 Å². The number of carbonyl (C=O) groups is 3. The van der Waals surface area contributed by atoms with E-state index in [-0.39, 0.29) is 12.5 Å². The molecule has 2 aromatic rings. The minimum absolute atomic E-state index is 0.106. The highest BCUT2D eigenvalue weighted by molar-refractivity contribution is 6.30. The first-order valence-corrected chi connectivity index (χ1v) is 8.30. The molecule has 1 aliphatic heterocycles. The van der Waals surface area contributed by atoms with Crippen molar-refractivity contribution in [3.05, 3.63) is 70.2 Å². The molecule has 0 aliphatic carbocycles. The lowest BCUT2D eigenvalue weighted by Crippen LogP contribution is -2.40. The summed E-state index contributed by atoms with van der Waals surface area (Å²) in [6.07, 6.45) is 0. The Morgan fingerprint density at radius 1 is 1.12 bits per heavy atom. The fourth-order valence-corrected chi connectivity index (χ4v) is 2.99. The molecule has 0 aromatic heterocycles. The molecule has 134 valence electrons. The third kappa shape index (κ3) is 3.15. The fraction of sp³-hybridized carbons (Fsp3) is 0.211. The van der Waals surface area contributed by atoms with E-state index in [1.54, 1.807) is 55.5 Å². The second-order valence-corrected chi connectivity index (χ2v) is 6.58. The monoisotopic (exact) mass is 372 g/mol. The zero-order valence-corrected chi connectivity index (χ0v) is 15.0. The number of carbonyl (C=O) groups excluding carboxylic acids is 3. The Labute approximate surface area is 155 Å². The summed E-state index contributed by atoms with van der Waals surface area (Å²) in [6, 6.07) is 12.9. The van der Waals surface area contributed by atoms with Gasteiger partial charge in [-0.05, 0) is 42.3 Å². The summed E-state index contributed by atoms with van der Waals surface area (Å²) in [6.45, 7) is 1.77. The van der Waals surface area contributed by atoms with Crippen molar-refractivity contribution >= 4 is 29.5 Å². The topological polar surface area (TPSA) is 75.7 Å². The number of hydrogen-bond acceptors (Lipinski definition) is 4. The normalized spacial score (nSPS) is 19.4. The minimum atomic E-state index is -1.15. The molecule has 26 heavy (non-hydrogen) atoms. The summed E-state index contributed by atoms with van der Waals surface area (Å²) >= 11 is 5.89. The lowest BCUT2D eigenvalue weighted by molar-refractivity contribution is -0.131. The molecule has 3 rings (SSSR count). The summed E-state index contributed by atoms with van der Waals surface area (Å²) in [5.74, 6) is -0.788. The van der Waals surface area contributed by atoms with E-state index in [2.05, 4.69) is 10.1 Å². The Kier molecular flexibility index (Phi) is 4.70. The van der Waals surface area contributed by atoms with Crippen molar-refractivity contribution in [1.82, 2.24) is 10.2 Å². The summed E-state index contributed by atoms with van der Waals surface area (Å²) in [5.41, 5.74) is 0.637. The van der Waals surface area contributed by atoms with Gasteiger partial charge in [-0.15, -0.1) is 0 Å². The van der Waals surface area contributed by atoms with Gasteiger partial charge in [0, 0.05) is 5.02 Å². The molecule has 1 N–H and O–H groups in total. The Morgan fingerprint density at radius 2 is 1.73 bits per heavy atom. The van der Waals surface area contributed by atoms with Gasteiger partial charge in [-0.1, -0.05) is 35.9 Å². The highest BCUT2D eigenvalue weighted by Crippen LogP contribution is 2.30. The van der Waals surface area contributed by atoms with Crippen molar-refractivity contribution in [1.29, 1.82) is 0 Å². The van der Waals surface area contributed by atoms with Crippen LogP contribution in [0.4, 0.5) is 4.79 Å². The largest absolute Gasteiger partial charge is 0.465 e. The van der Waals surface area contributed by atoms with E-state index in [1.165, 1.54) is 7.11 Å². The molecule has 3 amide bonds. The van der Waals surface area contributed by atoms with Crippen LogP contribution in [-0.4, -0.2) is 29.9 Å². The number of rotatable bonds is 4. The smallest absolute Gasteiger partial charge is 0.337 e. The number of urea groups is 1. The summed E-state index contributed by atoms with van der Waals surface area (Å²) in [4.78, 5) is 37.9. The van der Waals surface area contributed by atoms with E-state index < -0.39 is 17.5 Å². The van der Waals surface area contributed by atoms with E-state index in [9.17, 15) is 14.4 Å². The number of methoxy groups -OCH3 is 1. The van der Waals surface area contributed by atoms with Crippen LogP contribution in [0.1, 0.15) is 28.4 Å². The first kappa shape index (κ1) is 17.9. The maximum Gasteiger partial charge on any atom is 0.337 e. The number of benzene rings is 2. The molecular formula is C19H17ClN2O4. The highest BCUT2D eigenvalue weighted by atomic mass is 35.5. The van der Waals surface area contributed by atoms with Crippen molar-refractivity contribution in [2.45, 2.75) is 19.0 Å². The van der Waals surface area contributed by atoms with Crippen LogP contribution < -0.4 is 5.32 Å². The molecule has 7 heteroatoms. The van der Waals surface area contributed by atoms with Gasteiger partial charge in [0.25, 0.3) is 5.91 Å². The van der Waals surface area contributed by atoms with Crippen LogP contribution in [0.2, 0.25) is 5.02 Å².